The second-order valence-corrected chi connectivity index (χ2v) is 6.52. The molecule has 1 aliphatic heterocycles. The average molecular weight is 342 g/mol. The number of carbonyl (C=O) groups is 1. The number of ether oxygens (including phenoxy) is 1. The van der Waals surface area contributed by atoms with Crippen molar-refractivity contribution in [2.75, 3.05) is 19.7 Å². The monoisotopic (exact) mass is 342 g/mol. The number of para-hydroxylation sites is 1. The summed E-state index contributed by atoms with van der Waals surface area (Å²) in [6.45, 7) is 4.18. The molecule has 1 aromatic heterocycles. The van der Waals surface area contributed by atoms with Crippen LogP contribution in [0.5, 0.6) is 5.75 Å². The average Bonchev–Trinajstić information content (AvgIpc) is 3.07. The molecule has 134 valence electrons. The fourth-order valence-corrected chi connectivity index (χ4v) is 3.48. The largest absolute Gasteiger partial charge is 0.494 e. The molecule has 1 saturated heterocycles. The number of nitrogens with zero attached hydrogens (tertiary/aromatic N) is 4. The van der Waals surface area contributed by atoms with Gasteiger partial charge in [-0.1, -0.05) is 18.2 Å². The van der Waals surface area contributed by atoms with E-state index in [0.717, 1.165) is 43.1 Å². The fraction of sp³-hybridized carbons (Fsp3) is 0.526. The van der Waals surface area contributed by atoms with Crippen molar-refractivity contribution in [3.63, 3.8) is 0 Å². The Kier molecular flexibility index (Phi) is 5.68. The highest BCUT2D eigenvalue weighted by molar-refractivity contribution is 5.76. The Labute approximate surface area is 148 Å². The summed E-state index contributed by atoms with van der Waals surface area (Å²) in [7, 11) is 1.96. The normalized spacial score (nSPS) is 17.5. The summed E-state index contributed by atoms with van der Waals surface area (Å²) in [5.74, 6) is 2.34. The summed E-state index contributed by atoms with van der Waals surface area (Å²) >= 11 is 0. The predicted octanol–water partition coefficient (Wildman–Crippen LogP) is 2.55. The van der Waals surface area contributed by atoms with Crippen molar-refractivity contribution >= 4 is 5.91 Å². The molecular weight excluding hydrogens is 316 g/mol. The van der Waals surface area contributed by atoms with Crippen LogP contribution in [0.2, 0.25) is 0 Å². The van der Waals surface area contributed by atoms with E-state index in [9.17, 15) is 4.79 Å². The zero-order chi connectivity index (χ0) is 17.6. The van der Waals surface area contributed by atoms with Crippen LogP contribution in [0, 0.1) is 0 Å². The van der Waals surface area contributed by atoms with Gasteiger partial charge >= 0.3 is 0 Å². The molecule has 2 aromatic rings. The molecule has 0 bridgehead atoms. The van der Waals surface area contributed by atoms with Crippen LogP contribution in [-0.2, 0) is 18.3 Å². The van der Waals surface area contributed by atoms with Gasteiger partial charge in [0.15, 0.2) is 0 Å². The van der Waals surface area contributed by atoms with Crippen molar-refractivity contribution in [1.82, 2.24) is 19.7 Å². The van der Waals surface area contributed by atoms with Crippen molar-refractivity contribution in [3.8, 4) is 5.75 Å². The first kappa shape index (κ1) is 17.5. The molecule has 1 fully saturated rings. The van der Waals surface area contributed by atoms with Crippen LogP contribution in [0.1, 0.15) is 43.5 Å². The molecule has 1 aliphatic rings. The molecule has 1 amide bonds. The lowest BCUT2D eigenvalue weighted by atomic mass is 9.96. The van der Waals surface area contributed by atoms with Crippen molar-refractivity contribution < 1.29 is 9.53 Å². The number of rotatable bonds is 6. The fourth-order valence-electron chi connectivity index (χ4n) is 3.48. The van der Waals surface area contributed by atoms with E-state index in [-0.39, 0.29) is 11.8 Å². The van der Waals surface area contributed by atoms with E-state index in [2.05, 4.69) is 10.2 Å². The van der Waals surface area contributed by atoms with Gasteiger partial charge in [-0.15, -0.1) is 10.2 Å². The second-order valence-electron chi connectivity index (χ2n) is 6.52. The van der Waals surface area contributed by atoms with Crippen molar-refractivity contribution in [1.29, 1.82) is 0 Å². The molecule has 6 nitrogen and oxygen atoms in total. The van der Waals surface area contributed by atoms with Crippen molar-refractivity contribution in [3.05, 3.63) is 42.0 Å². The molecule has 0 spiro atoms. The van der Waals surface area contributed by atoms with Gasteiger partial charge in [-0.05, 0) is 37.8 Å². The number of carbonyl (C=O) groups excluding carboxylic acids is 1. The SMILES string of the molecule is CCOc1ccccc1CCC(=O)N1CCCC(c2nncn2C)C1. The maximum absolute atomic E-state index is 12.7. The molecule has 0 radical (unpaired) electrons. The summed E-state index contributed by atoms with van der Waals surface area (Å²) in [4.78, 5) is 14.7. The minimum absolute atomic E-state index is 0.207. The molecular formula is C19H26N4O2. The zero-order valence-electron chi connectivity index (χ0n) is 15.0. The Morgan fingerprint density at radius 3 is 2.96 bits per heavy atom. The first-order valence-electron chi connectivity index (χ1n) is 9.01. The maximum Gasteiger partial charge on any atom is 0.222 e. The Hall–Kier alpha value is -2.37. The van der Waals surface area contributed by atoms with E-state index in [0.29, 0.717) is 19.4 Å². The Balaban J connectivity index is 1.59. The van der Waals surface area contributed by atoms with Crippen molar-refractivity contribution in [2.24, 2.45) is 7.05 Å². The highest BCUT2D eigenvalue weighted by Gasteiger charge is 2.27. The topological polar surface area (TPSA) is 60.2 Å². The minimum atomic E-state index is 0.207. The molecule has 3 rings (SSSR count). The third-order valence-electron chi connectivity index (χ3n) is 4.77. The molecule has 25 heavy (non-hydrogen) atoms. The Morgan fingerprint density at radius 1 is 1.36 bits per heavy atom. The van der Waals surface area contributed by atoms with Gasteiger partial charge in [0.25, 0.3) is 0 Å². The summed E-state index contributed by atoms with van der Waals surface area (Å²) in [6, 6.07) is 7.96. The number of hydrogen-bond acceptors (Lipinski definition) is 4. The van der Waals surface area contributed by atoms with Crippen LogP contribution in [-0.4, -0.2) is 45.3 Å². The van der Waals surface area contributed by atoms with Crippen molar-refractivity contribution in [2.45, 2.75) is 38.5 Å². The van der Waals surface area contributed by atoms with E-state index < -0.39 is 0 Å². The van der Waals surface area contributed by atoms with Gasteiger partial charge in [0.05, 0.1) is 6.61 Å². The van der Waals surface area contributed by atoms with Gasteiger partial charge in [0.1, 0.15) is 17.9 Å². The van der Waals surface area contributed by atoms with E-state index >= 15 is 0 Å². The van der Waals surface area contributed by atoms with Crippen LogP contribution in [0.15, 0.2) is 30.6 Å². The lowest BCUT2D eigenvalue weighted by Gasteiger charge is -2.32. The van der Waals surface area contributed by atoms with Crippen LogP contribution >= 0.6 is 0 Å². The minimum Gasteiger partial charge on any atom is -0.494 e. The lowest BCUT2D eigenvalue weighted by molar-refractivity contribution is -0.132. The van der Waals surface area contributed by atoms with Gasteiger partial charge in [-0.3, -0.25) is 4.79 Å². The number of piperidine rings is 1. The molecule has 6 heteroatoms. The third kappa shape index (κ3) is 4.18. The number of aromatic nitrogens is 3. The number of hydrogen-bond donors (Lipinski definition) is 0. The summed E-state index contributed by atoms with van der Waals surface area (Å²) in [6.07, 6.45) is 5.01. The smallest absolute Gasteiger partial charge is 0.222 e. The molecule has 1 unspecified atom stereocenters. The number of benzene rings is 1. The second kappa shape index (κ2) is 8.14. The quantitative estimate of drug-likeness (QED) is 0.809. The summed E-state index contributed by atoms with van der Waals surface area (Å²) < 4.78 is 7.61. The van der Waals surface area contributed by atoms with Crippen LogP contribution in [0.3, 0.4) is 0 Å². The predicted molar refractivity (Wildman–Crippen MR) is 95.5 cm³/mol. The highest BCUT2D eigenvalue weighted by Crippen LogP contribution is 2.26. The molecule has 1 aromatic carbocycles. The lowest BCUT2D eigenvalue weighted by Crippen LogP contribution is -2.39. The van der Waals surface area contributed by atoms with E-state index in [1.807, 2.05) is 47.7 Å². The highest BCUT2D eigenvalue weighted by atomic mass is 16.5. The summed E-state index contributed by atoms with van der Waals surface area (Å²) in [5.41, 5.74) is 1.10. The Bertz CT molecular complexity index is 713. The first-order valence-corrected chi connectivity index (χ1v) is 9.01. The molecule has 0 N–H and O–H groups in total. The van der Waals surface area contributed by atoms with E-state index in [1.54, 1.807) is 6.33 Å². The molecule has 0 aliphatic carbocycles. The van der Waals surface area contributed by atoms with Gasteiger partial charge in [0, 0.05) is 32.5 Å². The van der Waals surface area contributed by atoms with Gasteiger partial charge < -0.3 is 14.2 Å². The third-order valence-corrected chi connectivity index (χ3v) is 4.77. The van der Waals surface area contributed by atoms with Crippen LogP contribution in [0.25, 0.3) is 0 Å². The first-order chi connectivity index (χ1) is 12.2. The Morgan fingerprint density at radius 2 is 2.20 bits per heavy atom. The van der Waals surface area contributed by atoms with Gasteiger partial charge in [0.2, 0.25) is 5.91 Å². The van der Waals surface area contributed by atoms with E-state index in [4.69, 9.17) is 4.74 Å². The van der Waals surface area contributed by atoms with Crippen LogP contribution in [0.4, 0.5) is 0 Å². The standard InChI is InChI=1S/C19H26N4O2/c1-3-25-17-9-5-4-7-15(17)10-11-18(24)23-12-6-8-16(13-23)19-21-20-14-22(19)2/h4-5,7,9,14,16H,3,6,8,10-13H2,1-2H3. The number of amides is 1. The molecule has 0 saturated carbocycles. The number of aryl methyl sites for hydroxylation is 2. The summed E-state index contributed by atoms with van der Waals surface area (Å²) in [5, 5.41) is 8.18. The van der Waals surface area contributed by atoms with Gasteiger partial charge in [-0.2, -0.15) is 0 Å². The van der Waals surface area contributed by atoms with E-state index in [1.165, 1.54) is 0 Å². The maximum atomic E-state index is 12.7. The number of likely N-dealkylation sites (tertiary alicyclic amines) is 1. The molecule has 1 atom stereocenters. The van der Waals surface area contributed by atoms with Gasteiger partial charge in [-0.25, -0.2) is 0 Å². The zero-order valence-corrected chi connectivity index (χ0v) is 15.0. The molecule has 2 heterocycles. The van der Waals surface area contributed by atoms with Crippen LogP contribution < -0.4 is 4.74 Å².